The minimum atomic E-state index is -4.34. The van der Waals surface area contributed by atoms with E-state index in [1.54, 1.807) is 44.4 Å². The number of fused-ring (bicyclic) bond motifs is 3. The van der Waals surface area contributed by atoms with Crippen molar-refractivity contribution in [2.45, 2.75) is 37.2 Å². The number of phenolic OH excluding ortho intramolecular Hbond substituents is 1. The second kappa shape index (κ2) is 10.5. The fourth-order valence-electron chi connectivity index (χ4n) is 6.67. The summed E-state index contributed by atoms with van der Waals surface area (Å²) >= 11 is 0. The normalized spacial score (nSPS) is 25.5. The highest BCUT2D eigenvalue weighted by Crippen LogP contribution is 2.53. The first-order valence-electron chi connectivity index (χ1n) is 13.4. The fourth-order valence-corrected chi connectivity index (χ4v) is 6.67. The summed E-state index contributed by atoms with van der Waals surface area (Å²) in [6.07, 6.45) is -4.29. The Kier molecular flexibility index (Phi) is 7.39. The summed E-state index contributed by atoms with van der Waals surface area (Å²) < 4.78 is 37.4. The van der Waals surface area contributed by atoms with Gasteiger partial charge in [-0.05, 0) is 61.2 Å². The quantitative estimate of drug-likeness (QED) is 0.272. The number of nitrogens with two attached hydrogens (primary N) is 1. The summed E-state index contributed by atoms with van der Waals surface area (Å²) in [6.45, 7) is -1.16. The van der Waals surface area contributed by atoms with Crippen LogP contribution in [0.3, 0.4) is 0 Å². The molecule has 3 aliphatic rings. The number of amides is 1. The average molecular weight is 602 g/mol. The summed E-state index contributed by atoms with van der Waals surface area (Å²) in [4.78, 5) is 40.8. The lowest BCUT2D eigenvalue weighted by atomic mass is 9.58. The topological polar surface area (TPSA) is 173 Å². The van der Waals surface area contributed by atoms with Crippen LogP contribution in [0.25, 0.3) is 11.1 Å². The van der Waals surface area contributed by atoms with E-state index in [0.29, 0.717) is 22.3 Å². The molecule has 0 fully saturated rings. The summed E-state index contributed by atoms with van der Waals surface area (Å²) in [7, 11) is 3.09. The molecule has 5 rings (SSSR count). The number of ketones is 2. The maximum Gasteiger partial charge on any atom is 0.401 e. The molecule has 0 saturated carbocycles. The number of carbonyl (C=O) groups excluding carboxylic acids is 3. The van der Waals surface area contributed by atoms with E-state index in [0.717, 1.165) is 0 Å². The number of aromatic hydroxyl groups is 1. The number of hydrogen-bond donors (Lipinski definition) is 6. The van der Waals surface area contributed by atoms with Gasteiger partial charge < -0.3 is 31.5 Å². The number of halogens is 3. The van der Waals surface area contributed by atoms with Crippen LogP contribution >= 0.6 is 0 Å². The maximum atomic E-state index is 13.9. The molecule has 0 radical (unpaired) electrons. The zero-order valence-corrected chi connectivity index (χ0v) is 23.2. The Morgan fingerprint density at radius 1 is 1.09 bits per heavy atom. The van der Waals surface area contributed by atoms with Crippen LogP contribution in [0.5, 0.6) is 5.75 Å². The van der Waals surface area contributed by atoms with Crippen molar-refractivity contribution in [3.05, 3.63) is 75.8 Å². The van der Waals surface area contributed by atoms with Gasteiger partial charge in [-0.3, -0.25) is 19.3 Å². The lowest BCUT2D eigenvalue weighted by molar-refractivity contribution is -0.148. The second-order valence-corrected chi connectivity index (χ2v) is 11.4. The van der Waals surface area contributed by atoms with E-state index in [9.17, 15) is 48.0 Å². The number of likely N-dealkylation sites (N-methyl/N-ethyl adjacent to an activating group) is 1. The number of alkyl halides is 3. The third-order valence-corrected chi connectivity index (χ3v) is 8.53. The summed E-state index contributed by atoms with van der Waals surface area (Å²) in [5.74, 6) is -7.30. The van der Waals surface area contributed by atoms with Gasteiger partial charge in [0.2, 0.25) is 5.78 Å². The number of nitrogens with one attached hydrogen (secondary N) is 1. The number of aliphatic hydroxyl groups is 3. The van der Waals surface area contributed by atoms with Crippen molar-refractivity contribution in [3.8, 4) is 16.9 Å². The van der Waals surface area contributed by atoms with Crippen molar-refractivity contribution in [2.75, 3.05) is 20.6 Å². The van der Waals surface area contributed by atoms with Crippen LogP contribution in [0.4, 0.5) is 13.2 Å². The minimum Gasteiger partial charge on any atom is -0.510 e. The van der Waals surface area contributed by atoms with E-state index in [1.807, 2.05) is 0 Å². The van der Waals surface area contributed by atoms with E-state index >= 15 is 0 Å². The number of rotatable bonds is 6. The van der Waals surface area contributed by atoms with Crippen molar-refractivity contribution < 1.29 is 48.0 Å². The molecule has 0 bridgehead atoms. The van der Waals surface area contributed by atoms with E-state index < -0.39 is 70.8 Å². The molecule has 0 unspecified atom stereocenters. The number of phenols is 1. The van der Waals surface area contributed by atoms with Gasteiger partial charge in [0.05, 0.1) is 18.2 Å². The molecule has 10 nitrogen and oxygen atoms in total. The molecule has 228 valence electrons. The number of aliphatic hydroxyl groups excluding tert-OH is 2. The predicted molar refractivity (Wildman–Crippen MR) is 147 cm³/mol. The van der Waals surface area contributed by atoms with E-state index in [-0.39, 0.29) is 36.3 Å². The Hall–Kier alpha value is -4.20. The molecule has 2 aromatic rings. The Balaban J connectivity index is 1.57. The summed E-state index contributed by atoms with van der Waals surface area (Å²) in [6, 6.07) is 8.44. The highest BCUT2D eigenvalue weighted by molar-refractivity contribution is 6.24. The Bertz CT molecular complexity index is 1600. The summed E-state index contributed by atoms with van der Waals surface area (Å²) in [5, 5.41) is 47.0. The molecule has 0 spiro atoms. The van der Waals surface area contributed by atoms with E-state index in [1.165, 1.54) is 11.0 Å². The number of carbonyl (C=O) groups is 3. The molecule has 4 atom stereocenters. The number of benzene rings is 2. The molecule has 3 aliphatic carbocycles. The van der Waals surface area contributed by atoms with Gasteiger partial charge in [-0.25, -0.2) is 0 Å². The van der Waals surface area contributed by atoms with Crippen LogP contribution in [0.1, 0.15) is 27.9 Å². The van der Waals surface area contributed by atoms with E-state index in [4.69, 9.17) is 5.73 Å². The predicted octanol–water partition coefficient (Wildman–Crippen LogP) is 2.44. The zero-order chi connectivity index (χ0) is 31.6. The van der Waals surface area contributed by atoms with Crippen molar-refractivity contribution in [3.63, 3.8) is 0 Å². The standard InChI is InChI=1S/C30H30F3N3O7/c1-36(2)23-18-10-15-9-17-16(14-5-3-13(4-6-14)11-35-12-29(31,32)33)7-8-19(37)21(17)24(38)20(15)26(40)30(18,43)27(41)22(25(23)39)28(34)42/h3-8,15,18,23,35,37,39-40,43H,9-12H2,1-2H3,(H2,34,42)/t15-,18-,23-,30-/m1/s1. The smallest absolute Gasteiger partial charge is 0.401 e. The number of allylic oxidation sites excluding steroid dienone is 1. The number of nitrogens with zero attached hydrogens (tertiary/aromatic N) is 1. The maximum absolute atomic E-state index is 13.9. The molecule has 1 amide bonds. The third kappa shape index (κ3) is 4.86. The van der Waals surface area contributed by atoms with Crippen LogP contribution in [0, 0.1) is 11.8 Å². The molecule has 0 saturated heterocycles. The van der Waals surface area contributed by atoms with Gasteiger partial charge >= 0.3 is 6.18 Å². The third-order valence-electron chi connectivity index (χ3n) is 8.53. The fraction of sp³-hybridized carbons (Fsp3) is 0.367. The van der Waals surface area contributed by atoms with E-state index in [2.05, 4.69) is 5.32 Å². The zero-order valence-electron chi connectivity index (χ0n) is 23.2. The first-order chi connectivity index (χ1) is 20.1. The first kappa shape index (κ1) is 30.3. The largest absolute Gasteiger partial charge is 0.510 e. The molecule has 43 heavy (non-hydrogen) atoms. The lowest BCUT2D eigenvalue weighted by Gasteiger charge is -2.50. The molecule has 2 aromatic carbocycles. The molecule has 7 N–H and O–H groups in total. The van der Waals surface area contributed by atoms with Crippen LogP contribution in [0.2, 0.25) is 0 Å². The SMILES string of the molecule is CN(C)[C@H]1C(O)=C(C(N)=O)C(=O)[C@]2(O)C(O)=C3C(=O)c4c(O)ccc(-c5ccc(CNCC(F)(F)F)cc5)c4C[C@@H]3C[C@H]12. The Morgan fingerprint density at radius 3 is 2.33 bits per heavy atom. The number of Topliss-reactive ketones (excluding diaryl/α,β-unsaturated/α-hetero) is 2. The minimum absolute atomic E-state index is 0.0176. The number of primary amides is 1. The van der Waals surface area contributed by atoms with Crippen molar-refractivity contribution >= 4 is 17.5 Å². The molecule has 0 aliphatic heterocycles. The van der Waals surface area contributed by atoms with Gasteiger partial charge in [-0.15, -0.1) is 0 Å². The van der Waals surface area contributed by atoms with Gasteiger partial charge in [-0.1, -0.05) is 30.3 Å². The molecular weight excluding hydrogens is 571 g/mol. The highest BCUT2D eigenvalue weighted by Gasteiger charge is 2.63. The lowest BCUT2D eigenvalue weighted by Crippen LogP contribution is -2.63. The first-order valence-corrected chi connectivity index (χ1v) is 13.4. The van der Waals surface area contributed by atoms with Crippen LogP contribution in [-0.2, 0) is 22.6 Å². The second-order valence-electron chi connectivity index (χ2n) is 11.4. The van der Waals surface area contributed by atoms with Gasteiger partial charge in [0.1, 0.15) is 22.8 Å². The van der Waals surface area contributed by atoms with Gasteiger partial charge in [0, 0.05) is 18.0 Å². The van der Waals surface area contributed by atoms with Crippen LogP contribution in [-0.4, -0.2) is 81.3 Å². The Labute approximate surface area is 243 Å². The van der Waals surface area contributed by atoms with Crippen LogP contribution < -0.4 is 11.1 Å². The van der Waals surface area contributed by atoms with Crippen LogP contribution in [0.15, 0.2) is 59.1 Å². The molecular formula is C30H30F3N3O7. The van der Waals surface area contributed by atoms with Gasteiger partial charge in [-0.2, -0.15) is 13.2 Å². The number of hydrogen-bond acceptors (Lipinski definition) is 9. The molecule has 0 heterocycles. The Morgan fingerprint density at radius 2 is 1.74 bits per heavy atom. The van der Waals surface area contributed by atoms with Gasteiger partial charge in [0.25, 0.3) is 5.91 Å². The highest BCUT2D eigenvalue weighted by atomic mass is 19.4. The van der Waals surface area contributed by atoms with Crippen molar-refractivity contribution in [2.24, 2.45) is 17.6 Å². The van der Waals surface area contributed by atoms with Gasteiger partial charge in [0.15, 0.2) is 11.4 Å². The van der Waals surface area contributed by atoms with Crippen molar-refractivity contribution in [1.29, 1.82) is 0 Å². The average Bonchev–Trinajstić information content (AvgIpc) is 2.90. The monoisotopic (exact) mass is 601 g/mol. The molecule has 0 aromatic heterocycles. The van der Waals surface area contributed by atoms with Crippen molar-refractivity contribution in [1.82, 2.24) is 10.2 Å². The summed E-state index contributed by atoms with van der Waals surface area (Å²) in [5.41, 5.74) is 3.58. The molecule has 13 heteroatoms.